The van der Waals surface area contributed by atoms with Crippen molar-refractivity contribution in [3.8, 4) is 0 Å². The van der Waals surface area contributed by atoms with Gasteiger partial charge in [0.1, 0.15) is 5.82 Å². The maximum Gasteiger partial charge on any atom is 0.224 e. The van der Waals surface area contributed by atoms with Gasteiger partial charge in [-0.2, -0.15) is 11.8 Å². The van der Waals surface area contributed by atoms with Crippen LogP contribution in [0.2, 0.25) is 0 Å². The van der Waals surface area contributed by atoms with Gasteiger partial charge in [0.05, 0.1) is 5.69 Å². The molecular formula is C15H23FN2OS. The van der Waals surface area contributed by atoms with Crippen molar-refractivity contribution in [3.63, 3.8) is 0 Å². The fourth-order valence-corrected chi connectivity index (χ4v) is 2.74. The number of carbonyl (C=O) groups excluding carboxylic acids is 1. The van der Waals surface area contributed by atoms with Crippen molar-refractivity contribution in [1.82, 2.24) is 0 Å². The van der Waals surface area contributed by atoms with Gasteiger partial charge < -0.3 is 11.1 Å². The number of nitrogens with one attached hydrogen (secondary N) is 1. The number of carbonyl (C=O) groups is 1. The normalized spacial score (nSPS) is 12.2. The molecule has 0 saturated carbocycles. The number of rotatable bonds is 8. The van der Waals surface area contributed by atoms with E-state index in [-0.39, 0.29) is 11.6 Å². The van der Waals surface area contributed by atoms with Crippen LogP contribution in [0.25, 0.3) is 0 Å². The second kappa shape index (κ2) is 8.84. The zero-order valence-corrected chi connectivity index (χ0v) is 12.9. The van der Waals surface area contributed by atoms with Gasteiger partial charge >= 0.3 is 0 Å². The van der Waals surface area contributed by atoms with Crippen molar-refractivity contribution in [2.45, 2.75) is 33.1 Å². The van der Waals surface area contributed by atoms with Crippen LogP contribution < -0.4 is 11.1 Å². The molecule has 1 aromatic carbocycles. The average molecular weight is 298 g/mol. The van der Waals surface area contributed by atoms with Gasteiger partial charge in [0, 0.05) is 12.1 Å². The minimum Gasteiger partial charge on any atom is -0.399 e. The molecule has 112 valence electrons. The summed E-state index contributed by atoms with van der Waals surface area (Å²) < 4.78 is 13.4. The molecule has 0 aromatic heterocycles. The number of benzene rings is 1. The molecule has 0 spiro atoms. The molecule has 5 heteroatoms. The summed E-state index contributed by atoms with van der Waals surface area (Å²) >= 11 is 1.87. The number of nitrogen functional groups attached to an aromatic ring is 1. The summed E-state index contributed by atoms with van der Waals surface area (Å²) in [7, 11) is 0. The predicted molar refractivity (Wildman–Crippen MR) is 85.5 cm³/mol. The number of hydrogen-bond donors (Lipinski definition) is 2. The Morgan fingerprint density at radius 2 is 2.25 bits per heavy atom. The average Bonchev–Trinajstić information content (AvgIpc) is 2.42. The molecule has 0 heterocycles. The predicted octanol–water partition coefficient (Wildman–Crippen LogP) is 3.91. The van der Waals surface area contributed by atoms with Crippen molar-refractivity contribution in [2.75, 3.05) is 22.6 Å². The minimum absolute atomic E-state index is 0.155. The number of anilines is 2. The number of thioether (sulfide) groups is 1. The van der Waals surface area contributed by atoms with Crippen LogP contribution in [0, 0.1) is 11.7 Å². The fraction of sp³-hybridized carbons (Fsp3) is 0.533. The van der Waals surface area contributed by atoms with Crippen molar-refractivity contribution in [3.05, 3.63) is 24.0 Å². The Kier molecular flexibility index (Phi) is 7.44. The second-order valence-electron chi connectivity index (χ2n) is 4.98. The largest absolute Gasteiger partial charge is 0.399 e. The van der Waals surface area contributed by atoms with Crippen molar-refractivity contribution in [2.24, 2.45) is 5.92 Å². The molecule has 0 saturated heterocycles. The van der Waals surface area contributed by atoms with E-state index in [1.807, 2.05) is 11.8 Å². The summed E-state index contributed by atoms with van der Waals surface area (Å²) in [5.41, 5.74) is 6.15. The van der Waals surface area contributed by atoms with Gasteiger partial charge in [0.15, 0.2) is 0 Å². The molecule has 1 unspecified atom stereocenters. The van der Waals surface area contributed by atoms with Crippen LogP contribution in [0.1, 0.15) is 33.1 Å². The van der Waals surface area contributed by atoms with Crippen LogP contribution >= 0.6 is 11.8 Å². The maximum absolute atomic E-state index is 13.4. The molecule has 20 heavy (non-hydrogen) atoms. The van der Waals surface area contributed by atoms with Crippen LogP contribution in [0.5, 0.6) is 0 Å². The van der Waals surface area contributed by atoms with E-state index in [2.05, 4.69) is 19.2 Å². The van der Waals surface area contributed by atoms with E-state index in [1.165, 1.54) is 24.6 Å². The van der Waals surface area contributed by atoms with Gasteiger partial charge in [0.2, 0.25) is 5.91 Å². The molecule has 0 radical (unpaired) electrons. The van der Waals surface area contributed by atoms with Gasteiger partial charge in [0.25, 0.3) is 0 Å². The van der Waals surface area contributed by atoms with E-state index in [4.69, 9.17) is 5.73 Å². The molecule has 3 N–H and O–H groups in total. The lowest BCUT2D eigenvalue weighted by Crippen LogP contribution is -2.13. The van der Waals surface area contributed by atoms with Gasteiger partial charge in [-0.3, -0.25) is 4.79 Å². The Balaban J connectivity index is 2.25. The number of nitrogens with two attached hydrogens (primary N) is 1. The first-order chi connectivity index (χ1) is 9.52. The van der Waals surface area contributed by atoms with E-state index in [1.54, 1.807) is 0 Å². The summed E-state index contributed by atoms with van der Waals surface area (Å²) in [6, 6.07) is 4.16. The molecule has 0 aliphatic rings. The maximum atomic E-state index is 13.4. The van der Waals surface area contributed by atoms with Crippen LogP contribution in [0.3, 0.4) is 0 Å². The SMILES string of the molecule is CCC(C)CSCCCC(=O)Nc1cc(N)ccc1F. The lowest BCUT2D eigenvalue weighted by Gasteiger charge is -2.08. The molecule has 0 bridgehead atoms. The Morgan fingerprint density at radius 3 is 2.95 bits per heavy atom. The zero-order valence-electron chi connectivity index (χ0n) is 12.1. The van der Waals surface area contributed by atoms with E-state index in [0.717, 1.165) is 23.8 Å². The first-order valence-electron chi connectivity index (χ1n) is 6.95. The third kappa shape index (κ3) is 6.28. The summed E-state index contributed by atoms with van der Waals surface area (Å²) in [4.78, 5) is 11.7. The van der Waals surface area contributed by atoms with Crippen molar-refractivity contribution >= 4 is 29.0 Å². The minimum atomic E-state index is -0.460. The van der Waals surface area contributed by atoms with Crippen LogP contribution in [-0.2, 0) is 4.79 Å². The zero-order chi connectivity index (χ0) is 15.0. The summed E-state index contributed by atoms with van der Waals surface area (Å²) in [6.07, 6.45) is 2.39. The van der Waals surface area contributed by atoms with Crippen molar-refractivity contribution in [1.29, 1.82) is 0 Å². The monoisotopic (exact) mass is 298 g/mol. The fourth-order valence-electron chi connectivity index (χ4n) is 1.59. The Morgan fingerprint density at radius 1 is 1.50 bits per heavy atom. The van der Waals surface area contributed by atoms with Gasteiger partial charge in [-0.25, -0.2) is 4.39 Å². The molecule has 1 rings (SSSR count). The summed E-state index contributed by atoms with van der Waals surface area (Å²) in [5.74, 6) is 2.17. The highest BCUT2D eigenvalue weighted by Crippen LogP contribution is 2.18. The molecule has 0 fully saturated rings. The smallest absolute Gasteiger partial charge is 0.224 e. The molecule has 1 atom stereocenters. The molecule has 0 aliphatic carbocycles. The lowest BCUT2D eigenvalue weighted by atomic mass is 10.2. The van der Waals surface area contributed by atoms with Gasteiger partial charge in [-0.15, -0.1) is 0 Å². The van der Waals surface area contributed by atoms with Crippen LogP contribution in [0.15, 0.2) is 18.2 Å². The highest BCUT2D eigenvalue weighted by Gasteiger charge is 2.07. The standard InChI is InChI=1S/C15H23FN2OS/c1-3-11(2)10-20-8-4-5-15(19)18-14-9-12(17)6-7-13(14)16/h6-7,9,11H,3-5,8,10,17H2,1-2H3,(H,18,19). The molecule has 3 nitrogen and oxygen atoms in total. The first kappa shape index (κ1) is 16.8. The van der Waals surface area contributed by atoms with E-state index < -0.39 is 5.82 Å². The Hall–Kier alpha value is -1.23. The molecule has 1 aromatic rings. The second-order valence-corrected chi connectivity index (χ2v) is 6.13. The highest BCUT2D eigenvalue weighted by molar-refractivity contribution is 7.99. The van der Waals surface area contributed by atoms with Crippen LogP contribution in [0.4, 0.5) is 15.8 Å². The highest BCUT2D eigenvalue weighted by atomic mass is 32.2. The number of amides is 1. The third-order valence-corrected chi connectivity index (χ3v) is 4.44. The van der Waals surface area contributed by atoms with Crippen LogP contribution in [-0.4, -0.2) is 17.4 Å². The Labute approximate surface area is 124 Å². The van der Waals surface area contributed by atoms with E-state index in [0.29, 0.717) is 12.1 Å². The molecule has 0 aliphatic heterocycles. The lowest BCUT2D eigenvalue weighted by molar-refractivity contribution is -0.116. The third-order valence-electron chi connectivity index (χ3n) is 3.06. The number of halogens is 1. The van der Waals surface area contributed by atoms with E-state index in [9.17, 15) is 9.18 Å². The first-order valence-corrected chi connectivity index (χ1v) is 8.11. The Bertz CT molecular complexity index is 440. The quantitative estimate of drug-likeness (QED) is 0.565. The topological polar surface area (TPSA) is 55.1 Å². The number of hydrogen-bond acceptors (Lipinski definition) is 3. The van der Waals surface area contributed by atoms with E-state index >= 15 is 0 Å². The summed E-state index contributed by atoms with van der Waals surface area (Å²) in [5, 5.41) is 2.56. The summed E-state index contributed by atoms with van der Waals surface area (Å²) in [6.45, 7) is 4.40. The molecule has 1 amide bonds. The molecular weight excluding hydrogens is 275 g/mol. The van der Waals surface area contributed by atoms with Gasteiger partial charge in [-0.05, 0) is 42.0 Å². The van der Waals surface area contributed by atoms with Crippen molar-refractivity contribution < 1.29 is 9.18 Å². The van der Waals surface area contributed by atoms with Gasteiger partial charge in [-0.1, -0.05) is 20.3 Å².